The summed E-state index contributed by atoms with van der Waals surface area (Å²) < 4.78 is 37.8. The smallest absolute Gasteiger partial charge is 0.397 e. The maximum absolute atomic E-state index is 12.5. The zero-order valence-electron chi connectivity index (χ0n) is 6.83. The molecule has 0 amide bonds. The zero-order chi connectivity index (χ0) is 10.9. The van der Waals surface area contributed by atoms with Crippen molar-refractivity contribution in [2.24, 2.45) is 0 Å². The minimum absolute atomic E-state index is 0.0140. The van der Waals surface area contributed by atoms with E-state index in [1.807, 2.05) is 0 Å². The predicted octanol–water partition coefficient (Wildman–Crippen LogP) is 3.79. The number of benzene rings is 1. The van der Waals surface area contributed by atoms with E-state index in [9.17, 15) is 13.2 Å². The number of alkyl halides is 4. The summed E-state index contributed by atoms with van der Waals surface area (Å²) in [5.74, 6) is -0.216. The molecule has 2 N–H and O–H groups in total. The Morgan fingerprint density at radius 1 is 1.36 bits per heavy atom. The molecule has 0 aromatic heterocycles. The molecule has 0 atom stereocenters. The van der Waals surface area contributed by atoms with Gasteiger partial charge in [-0.15, -0.1) is 11.6 Å². The maximum Gasteiger partial charge on any atom is 0.418 e. The molecule has 6 heteroatoms. The van der Waals surface area contributed by atoms with Gasteiger partial charge in [-0.1, -0.05) is 6.07 Å². The Morgan fingerprint density at radius 3 is 2.36 bits per heavy atom. The molecule has 0 bridgehead atoms. The van der Waals surface area contributed by atoms with E-state index in [0.29, 0.717) is 0 Å². The molecule has 0 unspecified atom stereocenters. The first-order chi connectivity index (χ1) is 6.38. The van der Waals surface area contributed by atoms with Crippen molar-refractivity contribution in [3.63, 3.8) is 0 Å². The van der Waals surface area contributed by atoms with Crippen molar-refractivity contribution < 1.29 is 13.2 Å². The summed E-state index contributed by atoms with van der Waals surface area (Å²) >= 11 is 8.33. The summed E-state index contributed by atoms with van der Waals surface area (Å²) in [6.45, 7) is 0. The number of hydrogen-bond donors (Lipinski definition) is 1. The first-order valence-corrected chi connectivity index (χ1v) is 4.90. The Labute approximate surface area is 92.2 Å². The molecular weight excluding hydrogens is 282 g/mol. The second-order valence-corrected chi connectivity index (χ2v) is 3.75. The molecule has 1 aromatic carbocycles. The number of nitrogen functional groups attached to an aromatic ring is 1. The van der Waals surface area contributed by atoms with E-state index in [1.54, 1.807) is 0 Å². The normalized spacial score (nSPS) is 11.8. The summed E-state index contributed by atoms with van der Waals surface area (Å²) in [4.78, 5) is 0. The third-order valence-electron chi connectivity index (χ3n) is 1.71. The largest absolute Gasteiger partial charge is 0.418 e. The fourth-order valence-corrected chi connectivity index (χ4v) is 1.64. The van der Waals surface area contributed by atoms with Crippen molar-refractivity contribution in [3.8, 4) is 0 Å². The van der Waals surface area contributed by atoms with E-state index in [0.717, 1.165) is 0 Å². The number of hydrogen-bond acceptors (Lipinski definition) is 1. The predicted molar refractivity (Wildman–Crippen MR) is 53.1 cm³/mol. The van der Waals surface area contributed by atoms with Gasteiger partial charge in [0.25, 0.3) is 0 Å². The molecule has 0 saturated heterocycles. The van der Waals surface area contributed by atoms with Crippen LogP contribution in [0.1, 0.15) is 11.1 Å². The highest BCUT2D eigenvalue weighted by atomic mass is 79.9. The minimum atomic E-state index is -4.47. The Balaban J connectivity index is 3.44. The summed E-state index contributed by atoms with van der Waals surface area (Å²) in [6, 6.07) is 2.75. The monoisotopic (exact) mass is 287 g/mol. The van der Waals surface area contributed by atoms with Gasteiger partial charge in [0.2, 0.25) is 0 Å². The van der Waals surface area contributed by atoms with E-state index in [1.165, 1.54) is 12.1 Å². The zero-order valence-corrected chi connectivity index (χ0v) is 9.17. The van der Waals surface area contributed by atoms with Crippen LogP contribution in [-0.4, -0.2) is 0 Å². The lowest BCUT2D eigenvalue weighted by Crippen LogP contribution is -2.12. The van der Waals surface area contributed by atoms with Crippen LogP contribution in [0, 0.1) is 0 Å². The van der Waals surface area contributed by atoms with Crippen LogP contribution in [0.5, 0.6) is 0 Å². The second-order valence-electron chi connectivity index (χ2n) is 2.63. The SMILES string of the molecule is Nc1c(Br)ccc(CCl)c1C(F)(F)F. The molecule has 14 heavy (non-hydrogen) atoms. The van der Waals surface area contributed by atoms with Crippen molar-refractivity contribution >= 4 is 33.2 Å². The molecule has 0 spiro atoms. The first kappa shape index (κ1) is 11.7. The summed E-state index contributed by atoms with van der Waals surface area (Å²) in [6.07, 6.45) is -4.47. The van der Waals surface area contributed by atoms with Crippen molar-refractivity contribution in [1.29, 1.82) is 0 Å². The molecular formula is C8H6BrClF3N. The number of rotatable bonds is 1. The van der Waals surface area contributed by atoms with E-state index in [-0.39, 0.29) is 21.6 Å². The number of halogens is 5. The van der Waals surface area contributed by atoms with Crippen LogP contribution in [0.3, 0.4) is 0 Å². The summed E-state index contributed by atoms with van der Waals surface area (Å²) in [5.41, 5.74) is 4.12. The second kappa shape index (κ2) is 3.98. The Hall–Kier alpha value is -0.420. The van der Waals surface area contributed by atoms with Crippen molar-refractivity contribution in [2.75, 3.05) is 5.73 Å². The average Bonchev–Trinajstić information content (AvgIpc) is 2.07. The Bertz CT molecular complexity index is 351. The lowest BCUT2D eigenvalue weighted by atomic mass is 10.1. The quantitative estimate of drug-likeness (QED) is 0.617. The molecule has 1 nitrogen and oxygen atoms in total. The average molecular weight is 288 g/mol. The lowest BCUT2D eigenvalue weighted by molar-refractivity contribution is -0.137. The highest BCUT2D eigenvalue weighted by Crippen LogP contribution is 2.39. The van der Waals surface area contributed by atoms with Crippen LogP contribution < -0.4 is 5.73 Å². The Morgan fingerprint density at radius 2 is 1.93 bits per heavy atom. The van der Waals surface area contributed by atoms with Crippen LogP contribution in [0.4, 0.5) is 18.9 Å². The third-order valence-corrected chi connectivity index (χ3v) is 2.69. The van der Waals surface area contributed by atoms with Gasteiger partial charge in [-0.3, -0.25) is 0 Å². The van der Waals surface area contributed by atoms with E-state index in [4.69, 9.17) is 17.3 Å². The van der Waals surface area contributed by atoms with E-state index < -0.39 is 11.7 Å². The van der Waals surface area contributed by atoms with Gasteiger partial charge < -0.3 is 5.73 Å². The van der Waals surface area contributed by atoms with Crippen LogP contribution in [0.2, 0.25) is 0 Å². The number of anilines is 1. The van der Waals surface area contributed by atoms with Gasteiger partial charge in [-0.25, -0.2) is 0 Å². The van der Waals surface area contributed by atoms with Crippen molar-refractivity contribution in [3.05, 3.63) is 27.7 Å². The molecule has 1 aromatic rings. The standard InChI is InChI=1S/C8H6BrClF3N/c9-5-2-1-4(3-10)6(7(5)14)8(11,12)13/h1-2H,3,14H2. The fraction of sp³-hybridized carbons (Fsp3) is 0.250. The van der Waals surface area contributed by atoms with Gasteiger partial charge in [0.1, 0.15) is 0 Å². The van der Waals surface area contributed by atoms with Gasteiger partial charge in [0.05, 0.1) is 11.3 Å². The molecule has 0 heterocycles. The van der Waals surface area contributed by atoms with Gasteiger partial charge in [-0.05, 0) is 27.6 Å². The summed E-state index contributed by atoms with van der Waals surface area (Å²) in [5, 5.41) is 0. The van der Waals surface area contributed by atoms with E-state index >= 15 is 0 Å². The van der Waals surface area contributed by atoms with Crippen LogP contribution in [-0.2, 0) is 12.1 Å². The van der Waals surface area contributed by atoms with Gasteiger partial charge in [-0.2, -0.15) is 13.2 Å². The molecule has 0 aliphatic heterocycles. The molecule has 0 radical (unpaired) electrons. The lowest BCUT2D eigenvalue weighted by Gasteiger charge is -2.14. The minimum Gasteiger partial charge on any atom is -0.397 e. The van der Waals surface area contributed by atoms with Crippen LogP contribution >= 0.6 is 27.5 Å². The third kappa shape index (κ3) is 2.15. The van der Waals surface area contributed by atoms with Gasteiger partial charge >= 0.3 is 6.18 Å². The van der Waals surface area contributed by atoms with E-state index in [2.05, 4.69) is 15.9 Å². The van der Waals surface area contributed by atoms with Gasteiger partial charge in [0.15, 0.2) is 0 Å². The molecule has 0 aliphatic rings. The van der Waals surface area contributed by atoms with Crippen LogP contribution in [0.25, 0.3) is 0 Å². The molecule has 0 saturated carbocycles. The molecule has 78 valence electrons. The van der Waals surface area contributed by atoms with Crippen LogP contribution in [0.15, 0.2) is 16.6 Å². The van der Waals surface area contributed by atoms with Crippen molar-refractivity contribution in [1.82, 2.24) is 0 Å². The highest BCUT2D eigenvalue weighted by Gasteiger charge is 2.36. The fourth-order valence-electron chi connectivity index (χ4n) is 1.09. The molecule has 0 fully saturated rings. The summed E-state index contributed by atoms with van der Waals surface area (Å²) in [7, 11) is 0. The maximum atomic E-state index is 12.5. The number of nitrogens with two attached hydrogens (primary N) is 1. The topological polar surface area (TPSA) is 26.0 Å². The molecule has 1 rings (SSSR count). The van der Waals surface area contributed by atoms with Crippen molar-refractivity contribution in [2.45, 2.75) is 12.1 Å². The highest BCUT2D eigenvalue weighted by molar-refractivity contribution is 9.10. The molecule has 0 aliphatic carbocycles. The Kier molecular flexibility index (Phi) is 3.32. The first-order valence-electron chi connectivity index (χ1n) is 3.58. The van der Waals surface area contributed by atoms with Gasteiger partial charge in [0, 0.05) is 10.4 Å².